The molecule has 50 nitrogen and oxygen atoms in total. The number of carbonyl (C=O) groups excluding carboxylic acids is 14. The lowest BCUT2D eigenvalue weighted by atomic mass is 10.00. The molecular weight excluding hydrogens is 1850 g/mol. The molecule has 6 rings (SSSR count). The molecule has 0 saturated carbocycles. The lowest BCUT2D eigenvalue weighted by Gasteiger charge is -2.30. The van der Waals surface area contributed by atoms with Gasteiger partial charge in [-0.15, -0.1) is 0 Å². The Morgan fingerprint density at radius 1 is 0.453 bits per heavy atom. The summed E-state index contributed by atoms with van der Waals surface area (Å²) >= 11 is 0. The van der Waals surface area contributed by atoms with Crippen molar-refractivity contribution in [3.8, 4) is 11.5 Å². The second kappa shape index (κ2) is 59.5. The van der Waals surface area contributed by atoms with Crippen LogP contribution in [0, 0.1) is 0 Å². The summed E-state index contributed by atoms with van der Waals surface area (Å²) < 4.78 is 0. The number of unbranched alkanes of at least 4 members (excludes halogenated alkanes) is 1. The van der Waals surface area contributed by atoms with E-state index in [0.717, 1.165) is 27.0 Å². The molecule has 4 aromatic rings. The molecule has 52 heteroatoms. The minimum absolute atomic E-state index is 0.0278. The van der Waals surface area contributed by atoms with Crippen molar-refractivity contribution in [3.63, 3.8) is 0 Å². The summed E-state index contributed by atoms with van der Waals surface area (Å²) in [7, 11) is 1.49. The van der Waals surface area contributed by atoms with Crippen LogP contribution in [-0.2, 0) is 86.4 Å². The molecule has 0 bridgehead atoms. The highest BCUT2D eigenvalue weighted by Gasteiger charge is 2.42. The quantitative estimate of drug-likeness (QED) is 0.00847. The van der Waals surface area contributed by atoms with Crippen LogP contribution in [-0.4, -0.2) is 287 Å². The number of carboxylic acid groups (broad SMARTS) is 1. The maximum absolute atomic E-state index is 16.0. The minimum atomic E-state index is -1.89. The van der Waals surface area contributed by atoms with E-state index in [0.29, 0.717) is 22.9 Å². The van der Waals surface area contributed by atoms with Gasteiger partial charge >= 0.3 is 12.0 Å². The predicted molar refractivity (Wildman–Crippen MR) is 525 cm³/mol. The number of carbonyl (C=O) groups is 15. The smallest absolute Gasteiger partial charge is 0.326 e. The summed E-state index contributed by atoms with van der Waals surface area (Å²) in [5.41, 5.74) is 75.2. The molecule has 15 amide bonds. The number of carboxylic acids is 1. The number of nitrogens with one attached hydrogen (secondary N) is 13. The fourth-order valence-electron chi connectivity index (χ4n) is 14.8. The van der Waals surface area contributed by atoms with Gasteiger partial charge in [-0.3, -0.25) is 87.3 Å². The molecule has 14 atom stereocenters. The van der Waals surface area contributed by atoms with Crippen molar-refractivity contribution in [1.29, 1.82) is 0 Å². The van der Waals surface area contributed by atoms with E-state index in [2.05, 4.69) is 94.1 Å². The highest BCUT2D eigenvalue weighted by atomic mass is 33.1. The van der Waals surface area contributed by atoms with Gasteiger partial charge in [0, 0.05) is 76.6 Å². The van der Waals surface area contributed by atoms with Gasteiger partial charge in [-0.1, -0.05) is 88.3 Å². The van der Waals surface area contributed by atoms with Crippen LogP contribution in [0.5, 0.6) is 11.5 Å². The maximum atomic E-state index is 16.0. The van der Waals surface area contributed by atoms with Gasteiger partial charge in [0.05, 0.1) is 6.04 Å². The van der Waals surface area contributed by atoms with E-state index in [4.69, 9.17) is 74.5 Å². The Balaban J connectivity index is 1.59. The number of phenols is 2. The fourth-order valence-corrected chi connectivity index (χ4v) is 17.1. The normalized spacial score (nSPS) is 20.5. The third kappa shape index (κ3) is 41.6. The van der Waals surface area contributed by atoms with E-state index in [1.807, 2.05) is 6.07 Å². The zero-order valence-corrected chi connectivity index (χ0v) is 79.1. The van der Waals surface area contributed by atoms with Gasteiger partial charge in [0.15, 0.2) is 29.8 Å². The number of aromatic hydroxyl groups is 2. The second-order valence-corrected chi connectivity index (χ2v) is 35.7. The van der Waals surface area contributed by atoms with Gasteiger partial charge < -0.3 is 164 Å². The number of hydrogen-bond acceptors (Lipinski definition) is 26. The third-order valence-electron chi connectivity index (χ3n) is 22.1. The standard InChI is InChI=1S/C87H134N32O18S2/c1-47-80(134)119-40-12-22-67(119)79(133)116-63(43-49-26-31-54(121)32-27-49)75(129)112-59(19-9-37-104-85(96)97)71(125)110-60(20-10-39-106-87(100)137)73(127)117-65(77(131)113-61(81(135)136)21-11-38-105-86(98)99)45-138-139-46-66(78(132)115-62(42-48-24-29-53(120)30-25-48)74(128)111-58(18-8-36-103-84(94)95)70(124)109-56(69(123)107-47)16-4-5-33-88)118-76(130)64(44-50-23-28-51-13-2-3-14-52(51)41-50)114-72(126)57(17-7-35-102-83(92)93)108-68(122)55(89)15-6-34-101-82(90)91/h2-3,13-14,23-32,41,47,55-67,120-121H,4-12,15-22,33-40,42-46,88-89H2,1H3,(H,107,123)(H,108,122)(H,109,124)(H,110,125)(H,111,128)(H,112,129)(H,113,131)(H,114,126)(H,115,132)(H,116,133)(H,117,127)(H,118,130)(H,135,136)(H4,90,91,101)(H4,92,93,102)(H4,94,95,103)(H4,96,97,104)(H4,98,99,105)(H3,100,106,137)/t47-,55+,56+,57+,58+,59+,60+,61+,62+,63+,64+,65+,66+,67+/m1/s1. The van der Waals surface area contributed by atoms with Crippen molar-refractivity contribution in [2.75, 3.05) is 63.9 Å². The van der Waals surface area contributed by atoms with Gasteiger partial charge in [0.2, 0.25) is 76.8 Å². The number of guanidine groups is 5. The molecule has 4 aromatic carbocycles. The molecule has 2 fully saturated rings. The zero-order chi connectivity index (χ0) is 102. The second-order valence-electron chi connectivity index (χ2n) is 33.2. The Hall–Kier alpha value is -14.4. The number of hydrogen-bond donors (Lipinski definition) is 29. The molecule has 139 heavy (non-hydrogen) atoms. The number of phenolic OH excluding ortho intramolecular Hbond substituents is 2. The lowest BCUT2D eigenvalue weighted by Crippen LogP contribution is -2.61. The molecule has 0 unspecified atom stereocenters. The summed E-state index contributed by atoms with van der Waals surface area (Å²) in [4.78, 5) is 244. The molecule has 2 aliphatic rings. The molecule has 0 aromatic heterocycles. The van der Waals surface area contributed by atoms with Crippen LogP contribution in [0.2, 0.25) is 0 Å². The molecular formula is C87H134N32O18S2. The first-order chi connectivity index (χ1) is 66.2. The predicted octanol–water partition coefficient (Wildman–Crippen LogP) is -7.24. The number of urea groups is 1. The van der Waals surface area contributed by atoms with Gasteiger partial charge in [-0.2, -0.15) is 0 Å². The summed E-state index contributed by atoms with van der Waals surface area (Å²) in [6.45, 7) is 0.906. The van der Waals surface area contributed by atoms with Crippen LogP contribution in [0.25, 0.3) is 10.8 Å². The number of nitrogens with two attached hydrogens (primary N) is 13. The largest absolute Gasteiger partial charge is 0.508 e. The van der Waals surface area contributed by atoms with Crippen LogP contribution in [0.15, 0.2) is 116 Å². The van der Waals surface area contributed by atoms with Crippen molar-refractivity contribution in [2.24, 2.45) is 99.5 Å². The molecule has 42 N–H and O–H groups in total. The van der Waals surface area contributed by atoms with E-state index < -0.39 is 191 Å². The summed E-state index contributed by atoms with van der Waals surface area (Å²) in [5, 5.41) is 67.4. The zero-order valence-electron chi connectivity index (χ0n) is 77.4. The first-order valence-electron chi connectivity index (χ1n) is 45.4. The number of primary amides is 1. The first-order valence-corrected chi connectivity index (χ1v) is 47.9. The van der Waals surface area contributed by atoms with Crippen molar-refractivity contribution < 1.29 is 87.2 Å². The number of amides is 15. The average molecular weight is 1980 g/mol. The highest BCUT2D eigenvalue weighted by molar-refractivity contribution is 8.76. The molecule has 2 heterocycles. The van der Waals surface area contributed by atoms with Crippen LogP contribution < -0.4 is 144 Å². The Kier molecular flexibility index (Phi) is 48.5. The van der Waals surface area contributed by atoms with Gasteiger partial charge in [-0.25, -0.2) is 9.59 Å². The number of aliphatic carboxylic acids is 1. The van der Waals surface area contributed by atoms with Crippen molar-refractivity contribution in [1.82, 2.24) is 74.0 Å². The Labute approximate surface area is 810 Å². The average Bonchev–Trinajstić information content (AvgIpc) is 1.78. The topological polar surface area (TPSA) is 876 Å². The molecule has 0 spiro atoms. The summed E-state index contributed by atoms with van der Waals surface area (Å²) in [6.07, 6.45) is -1.78. The minimum Gasteiger partial charge on any atom is -0.508 e. The Morgan fingerprint density at radius 2 is 0.885 bits per heavy atom. The monoisotopic (exact) mass is 1980 g/mol. The molecule has 0 aliphatic carbocycles. The number of benzene rings is 4. The number of aliphatic imine (C=N–C) groups is 5. The Morgan fingerprint density at radius 3 is 1.39 bits per heavy atom. The Bertz CT molecular complexity index is 4960. The van der Waals surface area contributed by atoms with Crippen LogP contribution >= 0.6 is 21.6 Å². The number of fused-ring (bicyclic) bond motifs is 2. The van der Waals surface area contributed by atoms with Gasteiger partial charge in [-0.05, 0) is 174 Å². The van der Waals surface area contributed by atoms with E-state index in [9.17, 15) is 44.1 Å². The van der Waals surface area contributed by atoms with Gasteiger partial charge in [0.1, 0.15) is 90.0 Å². The summed E-state index contributed by atoms with van der Waals surface area (Å²) in [6, 6.07) is -0.236. The fraction of sp³-hybridized carbons (Fsp3) is 0.517. The number of nitrogens with zero attached hydrogens (tertiary/aromatic N) is 6. The van der Waals surface area contributed by atoms with E-state index >= 15 is 43.2 Å². The van der Waals surface area contributed by atoms with Crippen molar-refractivity contribution in [3.05, 3.63) is 108 Å². The van der Waals surface area contributed by atoms with E-state index in [1.54, 1.807) is 36.4 Å². The van der Waals surface area contributed by atoms with Crippen LogP contribution in [0.3, 0.4) is 0 Å². The maximum Gasteiger partial charge on any atom is 0.326 e. The first kappa shape index (κ1) is 113. The third-order valence-corrected chi connectivity index (χ3v) is 24.5. The van der Waals surface area contributed by atoms with Crippen LogP contribution in [0.1, 0.15) is 133 Å². The lowest BCUT2D eigenvalue weighted by molar-refractivity contribution is -0.142. The van der Waals surface area contributed by atoms with E-state index in [-0.39, 0.29) is 215 Å². The SMILES string of the molecule is C[C@H]1NC(=O)[C@H](CCCCN)NC(=O)[C@H](CCCN=C(N)N)NC(=O)[C@H](Cc2ccc(O)cc2)NC(=O)[C@@H](NC(=O)[C@H](Cc2ccc3ccccc3c2)NC(=O)[C@H](CCCN=C(N)N)NC(=O)[C@@H](N)CCCN=C(N)N)CSSC[C@@H](C(=O)N[C@@H](CCCN=C(N)N)C(=O)O)NC(=O)[C@H](CCCNC(N)=O)NC(=O)[C@H](CCCN=C(N)N)NC(=O)[C@H](Cc2ccc(O)cc2)NC(=O)[C@@H]2CCCN2C1=O. The molecule has 2 aliphatic heterocycles. The van der Waals surface area contributed by atoms with E-state index in [1.165, 1.54) is 60.4 Å². The molecule has 0 radical (unpaired) electrons. The van der Waals surface area contributed by atoms with Crippen molar-refractivity contribution >= 4 is 151 Å². The van der Waals surface area contributed by atoms with Crippen molar-refractivity contribution in [2.45, 2.75) is 220 Å². The van der Waals surface area contributed by atoms with Gasteiger partial charge in [0.25, 0.3) is 0 Å². The summed E-state index contributed by atoms with van der Waals surface area (Å²) in [5.74, 6) is -17.6. The number of rotatable bonds is 43. The molecule has 2 saturated heterocycles. The molecule has 762 valence electrons. The van der Waals surface area contributed by atoms with Crippen LogP contribution in [0.4, 0.5) is 4.79 Å². The highest BCUT2D eigenvalue weighted by Crippen LogP contribution is 2.26.